The summed E-state index contributed by atoms with van der Waals surface area (Å²) in [5, 5.41) is 1.34. The zero-order valence-electron chi connectivity index (χ0n) is 10.6. The average molecular weight is 275 g/mol. The van der Waals surface area contributed by atoms with Gasteiger partial charge in [-0.2, -0.15) is 4.31 Å². The molecule has 3 nitrogen and oxygen atoms in total. The summed E-state index contributed by atoms with van der Waals surface area (Å²) >= 11 is 0. The molecule has 1 aromatic carbocycles. The van der Waals surface area contributed by atoms with Crippen LogP contribution in [-0.4, -0.2) is 24.8 Å². The molecule has 1 saturated heterocycles. The molecule has 0 saturated carbocycles. The summed E-state index contributed by atoms with van der Waals surface area (Å²) in [7, 11) is -3.32. The molecule has 2 bridgehead atoms. The minimum absolute atomic E-state index is 0.0594. The third-order valence-corrected chi connectivity index (χ3v) is 5.41. The van der Waals surface area contributed by atoms with Gasteiger partial charge in [0.1, 0.15) is 0 Å². The van der Waals surface area contributed by atoms with Gasteiger partial charge < -0.3 is 0 Å². The van der Waals surface area contributed by atoms with Gasteiger partial charge in [0.15, 0.2) is 0 Å². The Bertz CT molecular complexity index is 604. The summed E-state index contributed by atoms with van der Waals surface area (Å²) < 4.78 is 26.5. The predicted octanol–water partition coefficient (Wildman–Crippen LogP) is 2.78. The second-order valence-corrected chi connectivity index (χ2v) is 6.77. The van der Waals surface area contributed by atoms with Crippen molar-refractivity contribution < 1.29 is 8.42 Å². The van der Waals surface area contributed by atoms with Crippen molar-refractivity contribution in [3.05, 3.63) is 53.5 Å². The third kappa shape index (κ3) is 2.51. The fourth-order valence-corrected chi connectivity index (χ4v) is 4.51. The van der Waals surface area contributed by atoms with Crippen molar-refractivity contribution in [1.29, 1.82) is 0 Å². The highest BCUT2D eigenvalue weighted by Gasteiger charge is 2.40. The van der Waals surface area contributed by atoms with E-state index in [-0.39, 0.29) is 12.1 Å². The van der Waals surface area contributed by atoms with E-state index < -0.39 is 10.0 Å². The van der Waals surface area contributed by atoms with Crippen LogP contribution in [0.1, 0.15) is 24.8 Å². The Labute approximate surface area is 114 Å². The Morgan fingerprint density at radius 3 is 2.68 bits per heavy atom. The van der Waals surface area contributed by atoms with E-state index in [2.05, 4.69) is 6.08 Å². The molecule has 2 unspecified atom stereocenters. The van der Waals surface area contributed by atoms with Crippen LogP contribution in [0.4, 0.5) is 0 Å². The molecule has 2 aliphatic rings. The lowest BCUT2D eigenvalue weighted by atomic mass is 10.2. The van der Waals surface area contributed by atoms with Crippen LogP contribution >= 0.6 is 0 Å². The molecule has 4 heteroatoms. The standard InChI is InChI=1S/C15H17NO2S/c17-19(18,12-11-13-5-2-1-3-6-13)16-14-7-4-8-15(16)10-9-14/h1-7,11-12,14-15H,8-10H2/b12-11+. The minimum atomic E-state index is -3.32. The lowest BCUT2D eigenvalue weighted by Crippen LogP contribution is -2.40. The smallest absolute Gasteiger partial charge is 0.207 e. The number of rotatable bonds is 3. The van der Waals surface area contributed by atoms with Gasteiger partial charge in [-0.25, -0.2) is 8.42 Å². The molecular formula is C15H17NO2S. The van der Waals surface area contributed by atoms with Gasteiger partial charge in [0, 0.05) is 17.5 Å². The lowest BCUT2D eigenvalue weighted by molar-refractivity contribution is 0.345. The van der Waals surface area contributed by atoms with Crippen molar-refractivity contribution in [3.63, 3.8) is 0 Å². The number of hydrogen-bond acceptors (Lipinski definition) is 2. The number of hydrogen-bond donors (Lipinski definition) is 0. The van der Waals surface area contributed by atoms with Crippen LogP contribution in [0.2, 0.25) is 0 Å². The van der Waals surface area contributed by atoms with Gasteiger partial charge in [0.2, 0.25) is 10.0 Å². The van der Waals surface area contributed by atoms with E-state index in [1.54, 1.807) is 10.4 Å². The molecule has 1 aromatic rings. The zero-order valence-corrected chi connectivity index (χ0v) is 11.5. The lowest BCUT2D eigenvalue weighted by Gasteiger charge is -2.28. The van der Waals surface area contributed by atoms with E-state index in [1.807, 2.05) is 36.4 Å². The molecule has 19 heavy (non-hydrogen) atoms. The Hall–Kier alpha value is -1.39. The maximum atomic E-state index is 12.4. The van der Waals surface area contributed by atoms with E-state index in [0.29, 0.717) is 0 Å². The van der Waals surface area contributed by atoms with Crippen LogP contribution in [0, 0.1) is 0 Å². The second-order valence-electron chi connectivity index (χ2n) is 5.05. The topological polar surface area (TPSA) is 37.4 Å². The summed E-state index contributed by atoms with van der Waals surface area (Å²) in [6.07, 6.45) is 8.56. The number of nitrogens with zero attached hydrogens (tertiary/aromatic N) is 1. The first-order chi connectivity index (χ1) is 9.17. The fourth-order valence-electron chi connectivity index (χ4n) is 2.88. The Balaban J connectivity index is 1.84. The highest BCUT2D eigenvalue weighted by Crippen LogP contribution is 2.34. The SMILES string of the molecule is O=S(=O)(/C=C/c1ccccc1)N1C2C=CCC1CC2. The molecule has 0 aromatic heterocycles. The molecular weight excluding hydrogens is 258 g/mol. The minimum Gasteiger partial charge on any atom is -0.207 e. The van der Waals surface area contributed by atoms with Crippen LogP contribution in [0.3, 0.4) is 0 Å². The molecule has 2 heterocycles. The summed E-state index contributed by atoms with van der Waals surface area (Å²) in [6.45, 7) is 0. The van der Waals surface area contributed by atoms with Gasteiger partial charge in [0.05, 0.1) is 0 Å². The Morgan fingerprint density at radius 1 is 1.16 bits per heavy atom. The van der Waals surface area contributed by atoms with Crippen molar-refractivity contribution in [3.8, 4) is 0 Å². The van der Waals surface area contributed by atoms with Crippen molar-refractivity contribution in [1.82, 2.24) is 4.31 Å². The average Bonchev–Trinajstić information content (AvgIpc) is 2.70. The maximum absolute atomic E-state index is 12.4. The summed E-state index contributed by atoms with van der Waals surface area (Å²) in [4.78, 5) is 0. The van der Waals surface area contributed by atoms with Crippen molar-refractivity contribution >= 4 is 16.1 Å². The van der Waals surface area contributed by atoms with Gasteiger partial charge in [0.25, 0.3) is 0 Å². The van der Waals surface area contributed by atoms with Gasteiger partial charge >= 0.3 is 0 Å². The first kappa shape index (κ1) is 12.6. The molecule has 2 aliphatic heterocycles. The first-order valence-electron chi connectivity index (χ1n) is 6.60. The van der Waals surface area contributed by atoms with Crippen LogP contribution in [0.25, 0.3) is 6.08 Å². The zero-order chi connectivity index (χ0) is 13.3. The monoisotopic (exact) mass is 275 g/mol. The van der Waals surface area contributed by atoms with Gasteiger partial charge in [-0.1, -0.05) is 42.5 Å². The van der Waals surface area contributed by atoms with E-state index in [1.165, 1.54) is 5.41 Å². The van der Waals surface area contributed by atoms with E-state index in [0.717, 1.165) is 24.8 Å². The van der Waals surface area contributed by atoms with Crippen LogP contribution in [0.15, 0.2) is 47.9 Å². The molecule has 0 aliphatic carbocycles. The highest BCUT2D eigenvalue weighted by atomic mass is 32.2. The number of fused-ring (bicyclic) bond motifs is 2. The van der Waals surface area contributed by atoms with Crippen LogP contribution in [-0.2, 0) is 10.0 Å². The Kier molecular flexibility index (Phi) is 3.29. The fraction of sp³-hybridized carbons (Fsp3) is 0.333. The van der Waals surface area contributed by atoms with Gasteiger partial charge in [-0.3, -0.25) is 0 Å². The molecule has 0 radical (unpaired) electrons. The van der Waals surface area contributed by atoms with Crippen molar-refractivity contribution in [2.45, 2.75) is 31.3 Å². The van der Waals surface area contributed by atoms with Gasteiger partial charge in [-0.05, 0) is 30.9 Å². The van der Waals surface area contributed by atoms with E-state index >= 15 is 0 Å². The first-order valence-corrected chi connectivity index (χ1v) is 8.10. The molecule has 100 valence electrons. The third-order valence-electron chi connectivity index (χ3n) is 3.77. The highest BCUT2D eigenvalue weighted by molar-refractivity contribution is 7.92. The van der Waals surface area contributed by atoms with E-state index in [4.69, 9.17) is 0 Å². The predicted molar refractivity (Wildman–Crippen MR) is 76.8 cm³/mol. The molecule has 0 N–H and O–H groups in total. The molecule has 3 rings (SSSR count). The largest absolute Gasteiger partial charge is 0.237 e. The van der Waals surface area contributed by atoms with E-state index in [9.17, 15) is 8.42 Å². The van der Waals surface area contributed by atoms with Crippen LogP contribution < -0.4 is 0 Å². The van der Waals surface area contributed by atoms with Crippen molar-refractivity contribution in [2.75, 3.05) is 0 Å². The molecule has 2 atom stereocenters. The van der Waals surface area contributed by atoms with Crippen molar-refractivity contribution in [2.24, 2.45) is 0 Å². The van der Waals surface area contributed by atoms with Gasteiger partial charge in [-0.15, -0.1) is 0 Å². The molecule has 0 amide bonds. The van der Waals surface area contributed by atoms with Crippen LogP contribution in [0.5, 0.6) is 0 Å². The maximum Gasteiger partial charge on any atom is 0.237 e. The summed E-state index contributed by atoms with van der Waals surface area (Å²) in [6, 6.07) is 9.73. The molecule has 0 spiro atoms. The molecule has 1 fully saturated rings. The number of benzene rings is 1. The Morgan fingerprint density at radius 2 is 1.95 bits per heavy atom. The number of sulfonamides is 1. The second kappa shape index (κ2) is 4.94. The normalized spacial score (nSPS) is 27.2. The summed E-state index contributed by atoms with van der Waals surface area (Å²) in [5.41, 5.74) is 0.908. The quantitative estimate of drug-likeness (QED) is 0.795. The summed E-state index contributed by atoms with van der Waals surface area (Å²) in [5.74, 6) is 0.